The second kappa shape index (κ2) is 9.79. The molecule has 0 bridgehead atoms. The van der Waals surface area contributed by atoms with Gasteiger partial charge in [0, 0.05) is 23.7 Å². The van der Waals surface area contributed by atoms with E-state index in [1.165, 1.54) is 4.90 Å². The van der Waals surface area contributed by atoms with Gasteiger partial charge in [-0.05, 0) is 36.4 Å². The second-order valence-corrected chi connectivity index (χ2v) is 8.32. The van der Waals surface area contributed by atoms with Crippen LogP contribution in [0, 0.1) is 0 Å². The van der Waals surface area contributed by atoms with Crippen molar-refractivity contribution in [2.24, 2.45) is 0 Å². The van der Waals surface area contributed by atoms with E-state index in [-0.39, 0.29) is 21.5 Å². The van der Waals surface area contributed by atoms with E-state index >= 15 is 0 Å². The Labute approximate surface area is 205 Å². The lowest BCUT2D eigenvalue weighted by Crippen LogP contribution is -2.31. The molecular weight excluding hydrogens is 483 g/mol. The maximum atomic E-state index is 13.0. The number of benzene rings is 3. The van der Waals surface area contributed by atoms with Crippen molar-refractivity contribution in [3.8, 4) is 11.3 Å². The predicted octanol–water partition coefficient (Wildman–Crippen LogP) is 6.68. The highest BCUT2D eigenvalue weighted by molar-refractivity contribution is 6.49. The summed E-state index contributed by atoms with van der Waals surface area (Å²) >= 11 is 18.6. The van der Waals surface area contributed by atoms with Gasteiger partial charge in [-0.1, -0.05) is 71.2 Å². The van der Waals surface area contributed by atoms with Crippen molar-refractivity contribution in [1.82, 2.24) is 4.98 Å². The van der Waals surface area contributed by atoms with Crippen LogP contribution in [0.2, 0.25) is 15.1 Å². The minimum absolute atomic E-state index is 0.199. The highest BCUT2D eigenvalue weighted by Gasteiger charge is 2.20. The van der Waals surface area contributed by atoms with E-state index < -0.39 is 12.6 Å². The molecule has 0 aliphatic rings. The lowest BCUT2D eigenvalue weighted by atomic mass is 10.0. The molecule has 1 aromatic heterocycles. The molecule has 33 heavy (non-hydrogen) atoms. The number of carbonyl (C=O) groups is 2. The number of esters is 1. The van der Waals surface area contributed by atoms with Crippen LogP contribution >= 0.6 is 34.8 Å². The van der Waals surface area contributed by atoms with Crippen molar-refractivity contribution in [2.45, 2.75) is 0 Å². The molecule has 1 amide bonds. The Bertz CT molecular complexity index is 1360. The van der Waals surface area contributed by atoms with Gasteiger partial charge in [0.05, 0.1) is 31.8 Å². The molecule has 0 saturated carbocycles. The van der Waals surface area contributed by atoms with Gasteiger partial charge in [0.1, 0.15) is 0 Å². The molecule has 166 valence electrons. The Morgan fingerprint density at radius 3 is 2.36 bits per heavy atom. The van der Waals surface area contributed by atoms with Crippen molar-refractivity contribution in [2.75, 3.05) is 18.6 Å². The van der Waals surface area contributed by atoms with Gasteiger partial charge < -0.3 is 9.64 Å². The van der Waals surface area contributed by atoms with Crippen LogP contribution < -0.4 is 4.90 Å². The van der Waals surface area contributed by atoms with Gasteiger partial charge in [-0.2, -0.15) is 0 Å². The predicted molar refractivity (Wildman–Crippen MR) is 132 cm³/mol. The number of likely N-dealkylation sites (N-methyl/N-ethyl adjacent to an activating group) is 1. The van der Waals surface area contributed by atoms with Crippen molar-refractivity contribution in [3.05, 3.63) is 93.4 Å². The number of hydrogen-bond acceptors (Lipinski definition) is 4. The third-order valence-corrected chi connectivity index (χ3v) is 6.39. The molecule has 0 aliphatic carbocycles. The second-order valence-electron chi connectivity index (χ2n) is 7.16. The van der Waals surface area contributed by atoms with Crippen molar-refractivity contribution >= 4 is 63.3 Å². The first-order valence-corrected chi connectivity index (χ1v) is 11.0. The van der Waals surface area contributed by atoms with E-state index in [2.05, 4.69) is 4.98 Å². The molecule has 0 aliphatic heterocycles. The summed E-state index contributed by atoms with van der Waals surface area (Å²) in [6, 6.07) is 21.1. The smallest absolute Gasteiger partial charge is 0.339 e. The monoisotopic (exact) mass is 498 g/mol. The molecule has 4 rings (SSSR count). The number of amides is 1. The number of pyridine rings is 1. The van der Waals surface area contributed by atoms with E-state index in [9.17, 15) is 9.59 Å². The molecular formula is C25H17Cl3N2O3. The summed E-state index contributed by atoms with van der Waals surface area (Å²) in [4.78, 5) is 31.6. The quantitative estimate of drug-likeness (QED) is 0.227. The van der Waals surface area contributed by atoms with Crippen LogP contribution in [0.1, 0.15) is 10.4 Å². The molecule has 0 atom stereocenters. The topological polar surface area (TPSA) is 59.5 Å². The third-order valence-electron chi connectivity index (χ3n) is 5.09. The number of ether oxygens (including phenoxy) is 1. The van der Waals surface area contributed by atoms with Crippen LogP contribution in [0.15, 0.2) is 72.8 Å². The Kier molecular flexibility index (Phi) is 6.84. The average Bonchev–Trinajstić information content (AvgIpc) is 2.85. The van der Waals surface area contributed by atoms with Crippen molar-refractivity contribution in [1.29, 1.82) is 0 Å². The summed E-state index contributed by atoms with van der Waals surface area (Å²) in [6.07, 6.45) is 0. The van der Waals surface area contributed by atoms with E-state index in [4.69, 9.17) is 39.5 Å². The van der Waals surface area contributed by atoms with E-state index in [1.807, 2.05) is 24.3 Å². The van der Waals surface area contributed by atoms with Crippen molar-refractivity contribution in [3.63, 3.8) is 0 Å². The maximum absolute atomic E-state index is 13.0. The van der Waals surface area contributed by atoms with Gasteiger partial charge in [-0.25, -0.2) is 9.78 Å². The molecule has 4 aromatic rings. The van der Waals surface area contributed by atoms with Gasteiger partial charge in [0.25, 0.3) is 5.91 Å². The normalized spacial score (nSPS) is 10.8. The van der Waals surface area contributed by atoms with Crippen LogP contribution in [-0.4, -0.2) is 30.5 Å². The number of fused-ring (bicyclic) bond motifs is 1. The Morgan fingerprint density at radius 2 is 1.61 bits per heavy atom. The lowest BCUT2D eigenvalue weighted by molar-refractivity contribution is -0.121. The van der Waals surface area contributed by atoms with Gasteiger partial charge in [0.2, 0.25) is 0 Å². The minimum Gasteiger partial charge on any atom is -0.452 e. The zero-order chi connectivity index (χ0) is 23.5. The number of carbonyl (C=O) groups excluding carboxylic acids is 2. The Balaban J connectivity index is 1.65. The Hall–Kier alpha value is -3.12. The zero-order valence-corrected chi connectivity index (χ0v) is 19.7. The number of halogens is 3. The first kappa shape index (κ1) is 23.1. The zero-order valence-electron chi connectivity index (χ0n) is 17.4. The summed E-state index contributed by atoms with van der Waals surface area (Å²) in [5.74, 6) is -1.01. The number of nitrogens with zero attached hydrogens (tertiary/aromatic N) is 2. The van der Waals surface area contributed by atoms with E-state index in [1.54, 1.807) is 55.6 Å². The fourth-order valence-electron chi connectivity index (χ4n) is 3.30. The molecule has 0 saturated heterocycles. The molecule has 0 fully saturated rings. The van der Waals surface area contributed by atoms with Crippen molar-refractivity contribution < 1.29 is 14.3 Å². The first-order chi connectivity index (χ1) is 15.9. The van der Waals surface area contributed by atoms with Crippen LogP contribution in [0.4, 0.5) is 5.69 Å². The third kappa shape index (κ3) is 4.81. The first-order valence-electron chi connectivity index (χ1n) is 9.89. The molecule has 8 heteroatoms. The molecule has 3 aromatic carbocycles. The summed E-state index contributed by atoms with van der Waals surface area (Å²) in [5, 5.41) is 1.33. The van der Waals surface area contributed by atoms with E-state index in [0.717, 1.165) is 0 Å². The van der Waals surface area contributed by atoms with Crippen LogP contribution in [0.25, 0.3) is 22.2 Å². The largest absolute Gasteiger partial charge is 0.452 e. The van der Waals surface area contributed by atoms with Gasteiger partial charge in [-0.3, -0.25) is 4.79 Å². The molecule has 5 nitrogen and oxygen atoms in total. The highest BCUT2D eigenvalue weighted by Crippen LogP contribution is 2.38. The number of hydrogen-bond donors (Lipinski definition) is 0. The summed E-state index contributed by atoms with van der Waals surface area (Å²) in [5.41, 5.74) is 2.47. The molecule has 0 radical (unpaired) electrons. The number of rotatable bonds is 5. The molecule has 0 spiro atoms. The molecule has 0 N–H and O–H groups in total. The standard InChI is InChI=1S/C25H17Cl3N2O3/c1-30(15-7-3-2-4-8-15)22(31)14-33-25(32)18-13-21(29-20-10-6-5-9-16(18)20)17-11-12-19(26)24(28)23(17)27/h2-13H,14H2,1H3. The minimum atomic E-state index is -0.652. The molecule has 0 unspecified atom stereocenters. The fourth-order valence-corrected chi connectivity index (χ4v) is 3.94. The van der Waals surface area contributed by atoms with Crippen LogP contribution in [0.5, 0.6) is 0 Å². The fraction of sp³-hybridized carbons (Fsp3) is 0.0800. The van der Waals surface area contributed by atoms with Gasteiger partial charge >= 0.3 is 5.97 Å². The summed E-state index contributed by atoms with van der Waals surface area (Å²) in [6.45, 7) is -0.413. The van der Waals surface area contributed by atoms with Crippen LogP contribution in [-0.2, 0) is 9.53 Å². The summed E-state index contributed by atoms with van der Waals surface area (Å²) in [7, 11) is 1.62. The average molecular weight is 500 g/mol. The number of para-hydroxylation sites is 2. The van der Waals surface area contributed by atoms with E-state index in [0.29, 0.717) is 32.9 Å². The number of aromatic nitrogens is 1. The number of anilines is 1. The SMILES string of the molecule is CN(C(=O)COC(=O)c1cc(-c2ccc(Cl)c(Cl)c2Cl)nc2ccccc12)c1ccccc1. The maximum Gasteiger partial charge on any atom is 0.339 e. The van der Waals surface area contributed by atoms with Crippen LogP contribution in [0.3, 0.4) is 0 Å². The summed E-state index contributed by atoms with van der Waals surface area (Å²) < 4.78 is 5.37. The Morgan fingerprint density at radius 1 is 0.909 bits per heavy atom. The van der Waals surface area contributed by atoms with Gasteiger partial charge in [0.15, 0.2) is 6.61 Å². The van der Waals surface area contributed by atoms with Gasteiger partial charge in [-0.15, -0.1) is 0 Å². The molecule has 1 heterocycles. The highest BCUT2D eigenvalue weighted by atomic mass is 35.5. The lowest BCUT2D eigenvalue weighted by Gasteiger charge is -2.17.